The maximum absolute atomic E-state index is 12.5. The summed E-state index contributed by atoms with van der Waals surface area (Å²) >= 11 is 0. The van der Waals surface area contributed by atoms with Crippen LogP contribution < -0.4 is 0 Å². The van der Waals surface area contributed by atoms with Gasteiger partial charge in [-0.15, -0.1) is 0 Å². The molecular weight excluding hydrogens is 234 g/mol. The van der Waals surface area contributed by atoms with E-state index in [1.54, 1.807) is 6.20 Å². The van der Waals surface area contributed by atoms with E-state index < -0.39 is 0 Å². The Morgan fingerprint density at radius 3 is 2.79 bits per heavy atom. The van der Waals surface area contributed by atoms with E-state index in [2.05, 4.69) is 18.0 Å². The minimum Gasteiger partial charge on any atom is -0.287 e. The number of fused-ring (bicyclic) bond motifs is 1. The highest BCUT2D eigenvalue weighted by atomic mass is 16.1. The zero-order valence-corrected chi connectivity index (χ0v) is 10.8. The topological polar surface area (TPSA) is 30.0 Å². The lowest BCUT2D eigenvalue weighted by atomic mass is 9.87. The first-order valence-corrected chi connectivity index (χ1v) is 6.52. The van der Waals surface area contributed by atoms with Gasteiger partial charge in [0, 0.05) is 17.3 Å². The van der Waals surface area contributed by atoms with Crippen LogP contribution in [-0.2, 0) is 0 Å². The van der Waals surface area contributed by atoms with Crippen molar-refractivity contribution in [3.8, 4) is 0 Å². The summed E-state index contributed by atoms with van der Waals surface area (Å²) in [6, 6.07) is 11.3. The van der Waals surface area contributed by atoms with E-state index in [1.807, 2.05) is 42.5 Å². The van der Waals surface area contributed by atoms with Crippen LogP contribution in [0.1, 0.15) is 46.4 Å². The van der Waals surface area contributed by atoms with Crippen LogP contribution in [0.15, 0.2) is 48.7 Å². The molecule has 0 radical (unpaired) electrons. The van der Waals surface area contributed by atoms with Gasteiger partial charge in [-0.2, -0.15) is 0 Å². The largest absolute Gasteiger partial charge is 0.287 e. The van der Waals surface area contributed by atoms with E-state index in [4.69, 9.17) is 0 Å². The Morgan fingerprint density at radius 1 is 1.21 bits per heavy atom. The third kappa shape index (κ3) is 2.10. The molecule has 1 aliphatic carbocycles. The highest BCUT2D eigenvalue weighted by molar-refractivity contribution is 6.10. The van der Waals surface area contributed by atoms with Crippen LogP contribution in [0.2, 0.25) is 0 Å². The smallest absolute Gasteiger partial charge is 0.211 e. The van der Waals surface area contributed by atoms with Crippen LogP contribution in [0.4, 0.5) is 0 Å². The van der Waals surface area contributed by atoms with Crippen molar-refractivity contribution in [2.45, 2.75) is 19.3 Å². The molecule has 2 heteroatoms. The van der Waals surface area contributed by atoms with Crippen molar-refractivity contribution < 1.29 is 4.79 Å². The van der Waals surface area contributed by atoms with Crippen molar-refractivity contribution in [2.24, 2.45) is 0 Å². The van der Waals surface area contributed by atoms with Gasteiger partial charge >= 0.3 is 0 Å². The van der Waals surface area contributed by atoms with E-state index >= 15 is 0 Å². The summed E-state index contributed by atoms with van der Waals surface area (Å²) in [6.07, 6.45) is 6.91. The molecule has 0 fully saturated rings. The van der Waals surface area contributed by atoms with Gasteiger partial charge in [0.1, 0.15) is 5.69 Å². The predicted molar refractivity (Wildman–Crippen MR) is 76.2 cm³/mol. The molecule has 0 spiro atoms. The molecule has 0 saturated carbocycles. The molecule has 0 bridgehead atoms. The number of ketones is 1. The molecule has 3 rings (SSSR count). The molecule has 1 atom stereocenters. The zero-order chi connectivity index (χ0) is 13.2. The summed E-state index contributed by atoms with van der Waals surface area (Å²) in [4.78, 5) is 16.8. The van der Waals surface area contributed by atoms with Crippen LogP contribution in [0.3, 0.4) is 0 Å². The Bertz CT molecular complexity index is 644. The van der Waals surface area contributed by atoms with Crippen LogP contribution >= 0.6 is 0 Å². The second-order valence-corrected chi connectivity index (χ2v) is 4.90. The Morgan fingerprint density at radius 2 is 2.00 bits per heavy atom. The highest BCUT2D eigenvalue weighted by Gasteiger charge is 2.20. The normalized spacial score (nSPS) is 17.0. The summed E-state index contributed by atoms with van der Waals surface area (Å²) in [5, 5.41) is 0. The Balaban J connectivity index is 2.10. The van der Waals surface area contributed by atoms with Crippen LogP contribution in [-0.4, -0.2) is 10.8 Å². The minimum atomic E-state index is -0.00352. The third-order valence-electron chi connectivity index (χ3n) is 3.58. The number of carbonyl (C=O) groups is 1. The molecule has 1 aromatic heterocycles. The molecule has 0 amide bonds. The van der Waals surface area contributed by atoms with Crippen LogP contribution in [0.5, 0.6) is 0 Å². The van der Waals surface area contributed by atoms with E-state index in [9.17, 15) is 4.79 Å². The first-order valence-electron chi connectivity index (χ1n) is 6.52. The number of hydrogen-bond donors (Lipinski definition) is 0. The number of carbonyl (C=O) groups excluding carboxylic acids is 1. The SMILES string of the molecule is CC1CC=Cc2c1ccnc2C(=O)c1ccccc1. The number of hydrogen-bond acceptors (Lipinski definition) is 2. The van der Waals surface area contributed by atoms with E-state index in [1.165, 1.54) is 5.56 Å². The molecule has 94 valence electrons. The second-order valence-electron chi connectivity index (χ2n) is 4.90. The fourth-order valence-corrected chi connectivity index (χ4v) is 2.52. The molecule has 1 unspecified atom stereocenters. The molecule has 19 heavy (non-hydrogen) atoms. The first kappa shape index (κ1) is 11.8. The van der Waals surface area contributed by atoms with Crippen molar-refractivity contribution in [1.82, 2.24) is 4.98 Å². The monoisotopic (exact) mass is 249 g/mol. The van der Waals surface area contributed by atoms with Crippen molar-refractivity contribution in [3.05, 3.63) is 71.1 Å². The maximum atomic E-state index is 12.5. The van der Waals surface area contributed by atoms with Gasteiger partial charge in [0.2, 0.25) is 5.78 Å². The molecule has 1 heterocycles. The number of pyridine rings is 1. The third-order valence-corrected chi connectivity index (χ3v) is 3.58. The summed E-state index contributed by atoms with van der Waals surface area (Å²) < 4.78 is 0. The van der Waals surface area contributed by atoms with Crippen molar-refractivity contribution in [2.75, 3.05) is 0 Å². The average Bonchev–Trinajstić information content (AvgIpc) is 2.47. The second kappa shape index (κ2) is 4.81. The Kier molecular flexibility index (Phi) is 3.00. The van der Waals surface area contributed by atoms with E-state index in [-0.39, 0.29) is 5.78 Å². The predicted octanol–water partition coefficient (Wildman–Crippen LogP) is 3.83. The van der Waals surface area contributed by atoms with Crippen molar-refractivity contribution in [1.29, 1.82) is 0 Å². The molecule has 0 aliphatic heterocycles. The summed E-state index contributed by atoms with van der Waals surface area (Å²) in [5.74, 6) is 0.446. The zero-order valence-electron chi connectivity index (χ0n) is 10.8. The van der Waals surface area contributed by atoms with Gasteiger partial charge in [0.05, 0.1) is 0 Å². The van der Waals surface area contributed by atoms with Gasteiger partial charge in [-0.1, -0.05) is 49.4 Å². The van der Waals surface area contributed by atoms with Crippen LogP contribution in [0.25, 0.3) is 6.08 Å². The van der Waals surface area contributed by atoms with Gasteiger partial charge in [-0.25, -0.2) is 0 Å². The van der Waals surface area contributed by atoms with Gasteiger partial charge in [0.25, 0.3) is 0 Å². The highest BCUT2D eigenvalue weighted by Crippen LogP contribution is 2.31. The number of nitrogens with zero attached hydrogens (tertiary/aromatic N) is 1. The fraction of sp³-hybridized carbons (Fsp3) is 0.176. The lowest BCUT2D eigenvalue weighted by Gasteiger charge is -2.19. The van der Waals surface area contributed by atoms with Gasteiger partial charge in [-0.05, 0) is 24.0 Å². The lowest BCUT2D eigenvalue weighted by Crippen LogP contribution is -2.11. The molecular formula is C17H15NO. The molecule has 1 aromatic carbocycles. The first-order chi connectivity index (χ1) is 9.27. The van der Waals surface area contributed by atoms with Gasteiger partial charge in [-0.3, -0.25) is 9.78 Å². The molecule has 2 nitrogen and oxygen atoms in total. The Labute approximate surface area is 112 Å². The lowest BCUT2D eigenvalue weighted by molar-refractivity contribution is 0.103. The van der Waals surface area contributed by atoms with Crippen molar-refractivity contribution >= 4 is 11.9 Å². The molecule has 2 aromatic rings. The van der Waals surface area contributed by atoms with Crippen molar-refractivity contribution in [3.63, 3.8) is 0 Å². The molecule has 0 saturated heterocycles. The standard InChI is InChI=1S/C17H15NO/c1-12-6-5-9-15-14(12)10-11-18-16(15)17(19)13-7-3-2-4-8-13/h2-5,7-12H,6H2,1H3. The minimum absolute atomic E-state index is 0.00352. The summed E-state index contributed by atoms with van der Waals surface area (Å²) in [6.45, 7) is 2.18. The maximum Gasteiger partial charge on any atom is 0.211 e. The summed E-state index contributed by atoms with van der Waals surface area (Å²) in [7, 11) is 0. The average molecular weight is 249 g/mol. The number of rotatable bonds is 2. The van der Waals surface area contributed by atoms with Gasteiger partial charge in [0.15, 0.2) is 0 Å². The van der Waals surface area contributed by atoms with E-state index in [0.29, 0.717) is 17.2 Å². The fourth-order valence-electron chi connectivity index (χ4n) is 2.52. The quantitative estimate of drug-likeness (QED) is 0.757. The van der Waals surface area contributed by atoms with Crippen LogP contribution in [0, 0.1) is 0 Å². The molecule has 1 aliphatic rings. The molecule has 0 N–H and O–H groups in total. The number of benzene rings is 1. The number of aromatic nitrogens is 1. The van der Waals surface area contributed by atoms with Gasteiger partial charge < -0.3 is 0 Å². The Hall–Kier alpha value is -2.22. The van der Waals surface area contributed by atoms with E-state index in [0.717, 1.165) is 12.0 Å². The summed E-state index contributed by atoms with van der Waals surface area (Å²) in [5.41, 5.74) is 3.45. The number of allylic oxidation sites excluding steroid dienone is 1.